The molecular weight excluding hydrogens is 213 g/mol. The summed E-state index contributed by atoms with van der Waals surface area (Å²) in [5.41, 5.74) is 5.25. The highest BCUT2D eigenvalue weighted by Crippen LogP contribution is 2.25. The summed E-state index contributed by atoms with van der Waals surface area (Å²) in [7, 11) is 0. The van der Waals surface area contributed by atoms with Gasteiger partial charge in [0.05, 0.1) is 17.9 Å². The van der Waals surface area contributed by atoms with E-state index in [-0.39, 0.29) is 11.4 Å². The van der Waals surface area contributed by atoms with Crippen LogP contribution in [0.15, 0.2) is 12.1 Å². The normalized spacial score (nSPS) is 10.1. The van der Waals surface area contributed by atoms with Crippen molar-refractivity contribution in [2.45, 2.75) is 19.8 Å². The number of nitrogens with two attached hydrogens (primary N) is 1. The Morgan fingerprint density at radius 3 is 2.81 bits per heavy atom. The number of rotatable bonds is 5. The highest BCUT2D eigenvalue weighted by molar-refractivity contribution is 5.89. The number of unbranched alkanes of at least 4 members (excludes halogenated alkanes) is 1. The third kappa shape index (κ3) is 2.85. The van der Waals surface area contributed by atoms with Crippen LogP contribution in [0.2, 0.25) is 0 Å². The van der Waals surface area contributed by atoms with E-state index in [1.54, 1.807) is 0 Å². The van der Waals surface area contributed by atoms with Crippen molar-refractivity contribution in [2.75, 3.05) is 12.3 Å². The number of carbonyl (C=O) groups is 1. The maximum absolute atomic E-state index is 13.3. The standard InChI is InChI=1S/C11H14FNO3/c1-2-3-4-16-10-6-8(12)7(11(14)15)5-9(10)13/h5-6H,2-4,13H2,1H3,(H,14,15). The number of hydrogen-bond donors (Lipinski definition) is 2. The van der Waals surface area contributed by atoms with Crippen LogP contribution in [0.5, 0.6) is 5.75 Å². The fourth-order valence-corrected chi connectivity index (χ4v) is 1.19. The predicted molar refractivity (Wildman–Crippen MR) is 58.2 cm³/mol. The van der Waals surface area contributed by atoms with Crippen molar-refractivity contribution in [1.82, 2.24) is 0 Å². The summed E-state index contributed by atoms with van der Waals surface area (Å²) in [6.07, 6.45) is 1.79. The molecule has 0 radical (unpaired) electrons. The van der Waals surface area contributed by atoms with Crippen molar-refractivity contribution in [3.63, 3.8) is 0 Å². The van der Waals surface area contributed by atoms with E-state index in [2.05, 4.69) is 0 Å². The summed E-state index contributed by atoms with van der Waals surface area (Å²) in [5, 5.41) is 8.66. The predicted octanol–water partition coefficient (Wildman–Crippen LogP) is 2.29. The first-order valence-corrected chi connectivity index (χ1v) is 5.01. The lowest BCUT2D eigenvalue weighted by atomic mass is 10.2. The van der Waals surface area contributed by atoms with Crippen LogP contribution in [0.25, 0.3) is 0 Å². The van der Waals surface area contributed by atoms with Gasteiger partial charge in [-0.3, -0.25) is 0 Å². The molecule has 0 saturated carbocycles. The number of carboxylic acids is 1. The Labute approximate surface area is 92.8 Å². The third-order valence-corrected chi connectivity index (χ3v) is 2.09. The van der Waals surface area contributed by atoms with Crippen molar-refractivity contribution in [1.29, 1.82) is 0 Å². The monoisotopic (exact) mass is 227 g/mol. The first kappa shape index (κ1) is 12.3. The molecule has 88 valence electrons. The van der Waals surface area contributed by atoms with Gasteiger partial charge in [-0.1, -0.05) is 13.3 Å². The highest BCUT2D eigenvalue weighted by Gasteiger charge is 2.14. The summed E-state index contributed by atoms with van der Waals surface area (Å²) in [4.78, 5) is 10.6. The molecular formula is C11H14FNO3. The molecule has 1 aromatic carbocycles. The summed E-state index contributed by atoms with van der Waals surface area (Å²) in [6.45, 7) is 2.44. The van der Waals surface area contributed by atoms with Gasteiger partial charge in [-0.15, -0.1) is 0 Å². The highest BCUT2D eigenvalue weighted by atomic mass is 19.1. The molecule has 1 rings (SSSR count). The molecule has 0 heterocycles. The molecule has 0 amide bonds. The van der Waals surface area contributed by atoms with Crippen LogP contribution in [0.4, 0.5) is 10.1 Å². The number of carboxylic acid groups (broad SMARTS) is 1. The van der Waals surface area contributed by atoms with Gasteiger partial charge in [0.1, 0.15) is 11.6 Å². The summed E-state index contributed by atoms with van der Waals surface area (Å²) < 4.78 is 18.5. The van der Waals surface area contributed by atoms with Gasteiger partial charge < -0.3 is 15.6 Å². The van der Waals surface area contributed by atoms with Crippen molar-refractivity contribution >= 4 is 11.7 Å². The molecule has 4 nitrogen and oxygen atoms in total. The van der Waals surface area contributed by atoms with Crippen LogP contribution in [0, 0.1) is 5.82 Å². The van der Waals surface area contributed by atoms with Crippen LogP contribution < -0.4 is 10.5 Å². The number of nitrogen functional groups attached to an aromatic ring is 1. The average Bonchev–Trinajstić information content (AvgIpc) is 2.22. The van der Waals surface area contributed by atoms with E-state index in [0.717, 1.165) is 25.0 Å². The lowest BCUT2D eigenvalue weighted by molar-refractivity contribution is 0.0692. The Balaban J connectivity index is 2.88. The van der Waals surface area contributed by atoms with Crippen molar-refractivity contribution < 1.29 is 19.0 Å². The summed E-state index contributed by atoms with van der Waals surface area (Å²) in [6, 6.07) is 2.08. The Kier molecular flexibility index (Phi) is 4.10. The minimum absolute atomic E-state index is 0.134. The van der Waals surface area contributed by atoms with E-state index in [4.69, 9.17) is 15.6 Å². The Bertz CT molecular complexity index is 393. The molecule has 0 aliphatic carbocycles. The van der Waals surface area contributed by atoms with Crippen LogP contribution in [0.1, 0.15) is 30.1 Å². The van der Waals surface area contributed by atoms with Crippen LogP contribution in [-0.4, -0.2) is 17.7 Å². The lowest BCUT2D eigenvalue weighted by Gasteiger charge is -2.09. The molecule has 0 aromatic heterocycles. The zero-order valence-electron chi connectivity index (χ0n) is 9.00. The molecule has 0 unspecified atom stereocenters. The van der Waals surface area contributed by atoms with Gasteiger partial charge in [0.15, 0.2) is 0 Å². The summed E-state index contributed by atoms with van der Waals surface area (Å²) >= 11 is 0. The zero-order chi connectivity index (χ0) is 12.1. The lowest BCUT2D eigenvalue weighted by Crippen LogP contribution is -2.05. The number of aromatic carboxylic acids is 1. The van der Waals surface area contributed by atoms with Gasteiger partial charge in [-0.05, 0) is 12.5 Å². The first-order chi connectivity index (χ1) is 7.56. The van der Waals surface area contributed by atoms with Gasteiger partial charge in [0.2, 0.25) is 0 Å². The Hall–Kier alpha value is -1.78. The average molecular weight is 227 g/mol. The summed E-state index contributed by atoms with van der Waals surface area (Å²) in [5.74, 6) is -1.99. The number of anilines is 1. The van der Waals surface area contributed by atoms with Crippen LogP contribution in [0.3, 0.4) is 0 Å². The van der Waals surface area contributed by atoms with Crippen molar-refractivity contribution in [3.05, 3.63) is 23.5 Å². The minimum Gasteiger partial charge on any atom is -0.491 e. The van der Waals surface area contributed by atoms with Crippen LogP contribution >= 0.6 is 0 Å². The maximum Gasteiger partial charge on any atom is 0.338 e. The van der Waals surface area contributed by atoms with Gasteiger partial charge in [0, 0.05) is 6.07 Å². The second-order valence-corrected chi connectivity index (χ2v) is 3.38. The van der Waals surface area contributed by atoms with E-state index in [1.165, 1.54) is 0 Å². The van der Waals surface area contributed by atoms with Gasteiger partial charge in [-0.2, -0.15) is 0 Å². The Morgan fingerprint density at radius 1 is 1.56 bits per heavy atom. The molecule has 0 atom stereocenters. The molecule has 16 heavy (non-hydrogen) atoms. The molecule has 5 heteroatoms. The van der Waals surface area contributed by atoms with E-state index in [1.807, 2.05) is 6.92 Å². The number of halogens is 1. The first-order valence-electron chi connectivity index (χ1n) is 5.01. The van der Waals surface area contributed by atoms with Crippen LogP contribution in [-0.2, 0) is 0 Å². The molecule has 0 spiro atoms. The molecule has 0 aliphatic heterocycles. The van der Waals surface area contributed by atoms with E-state index in [0.29, 0.717) is 6.61 Å². The van der Waals surface area contributed by atoms with Crippen molar-refractivity contribution in [2.24, 2.45) is 0 Å². The van der Waals surface area contributed by atoms with Gasteiger partial charge in [-0.25, -0.2) is 9.18 Å². The number of hydrogen-bond acceptors (Lipinski definition) is 3. The van der Waals surface area contributed by atoms with E-state index in [9.17, 15) is 9.18 Å². The second kappa shape index (κ2) is 5.34. The third-order valence-electron chi connectivity index (χ3n) is 2.09. The molecule has 3 N–H and O–H groups in total. The molecule has 0 fully saturated rings. The largest absolute Gasteiger partial charge is 0.491 e. The maximum atomic E-state index is 13.3. The topological polar surface area (TPSA) is 72.5 Å². The smallest absolute Gasteiger partial charge is 0.338 e. The van der Waals surface area contributed by atoms with E-state index >= 15 is 0 Å². The van der Waals surface area contributed by atoms with Crippen molar-refractivity contribution in [3.8, 4) is 5.75 Å². The minimum atomic E-state index is -1.34. The molecule has 0 aliphatic rings. The molecule has 1 aromatic rings. The molecule has 0 saturated heterocycles. The zero-order valence-corrected chi connectivity index (χ0v) is 9.00. The fourth-order valence-electron chi connectivity index (χ4n) is 1.19. The number of ether oxygens (including phenoxy) is 1. The molecule has 0 bridgehead atoms. The Morgan fingerprint density at radius 2 is 2.25 bits per heavy atom. The fraction of sp³-hybridized carbons (Fsp3) is 0.364. The van der Waals surface area contributed by atoms with Gasteiger partial charge >= 0.3 is 5.97 Å². The van der Waals surface area contributed by atoms with E-state index < -0.39 is 17.3 Å². The second-order valence-electron chi connectivity index (χ2n) is 3.38. The SMILES string of the molecule is CCCCOc1cc(F)c(C(=O)O)cc1N. The number of benzene rings is 1. The van der Waals surface area contributed by atoms with Gasteiger partial charge in [0.25, 0.3) is 0 Å². The quantitative estimate of drug-likeness (QED) is 0.598.